The number of thioether (sulfide) groups is 1. The van der Waals surface area contributed by atoms with E-state index in [0.29, 0.717) is 25.1 Å². The number of nitrogens with one attached hydrogen (secondary N) is 1. The van der Waals surface area contributed by atoms with E-state index >= 15 is 0 Å². The van der Waals surface area contributed by atoms with Crippen LogP contribution in [0.2, 0.25) is 0 Å². The molecule has 3 aromatic rings. The average Bonchev–Trinajstić information content (AvgIpc) is 2.73. The van der Waals surface area contributed by atoms with Gasteiger partial charge in [0.15, 0.2) is 9.84 Å². The van der Waals surface area contributed by atoms with Gasteiger partial charge in [-0.2, -0.15) is 0 Å². The van der Waals surface area contributed by atoms with E-state index in [1.807, 2.05) is 0 Å². The van der Waals surface area contributed by atoms with Gasteiger partial charge >= 0.3 is 0 Å². The van der Waals surface area contributed by atoms with Crippen LogP contribution in [-0.2, 0) is 20.4 Å². The van der Waals surface area contributed by atoms with Gasteiger partial charge in [-0.25, -0.2) is 17.2 Å². The number of carbonyl (C=O) groups is 1. The Labute approximate surface area is 204 Å². The SMILES string of the molecule is O=C1Nc2ccc(S(=O)(=O)Cc3c(Br)cccc3Br)cc2S/C1=C\c1ccc(F)cc1F. The van der Waals surface area contributed by atoms with Crippen molar-refractivity contribution in [3.63, 3.8) is 0 Å². The molecule has 0 bridgehead atoms. The maximum atomic E-state index is 14.0. The summed E-state index contributed by atoms with van der Waals surface area (Å²) in [5, 5.41) is 2.67. The summed E-state index contributed by atoms with van der Waals surface area (Å²) in [6.45, 7) is 0. The fourth-order valence-electron chi connectivity index (χ4n) is 3.03. The van der Waals surface area contributed by atoms with Crippen molar-refractivity contribution in [2.75, 3.05) is 5.32 Å². The lowest BCUT2D eigenvalue weighted by Crippen LogP contribution is -2.18. The van der Waals surface area contributed by atoms with Crippen molar-refractivity contribution in [2.45, 2.75) is 15.5 Å². The summed E-state index contributed by atoms with van der Waals surface area (Å²) in [4.78, 5) is 13.2. The average molecular weight is 601 g/mol. The number of benzene rings is 3. The highest BCUT2D eigenvalue weighted by atomic mass is 79.9. The van der Waals surface area contributed by atoms with Gasteiger partial charge in [0.1, 0.15) is 11.6 Å². The van der Waals surface area contributed by atoms with Crippen molar-refractivity contribution < 1.29 is 22.0 Å². The number of carbonyl (C=O) groups excluding carboxylic acids is 1. The summed E-state index contributed by atoms with van der Waals surface area (Å²) in [6, 6.07) is 12.8. The third-order valence-corrected chi connectivity index (χ3v) is 8.86. The van der Waals surface area contributed by atoms with Crippen LogP contribution in [0.5, 0.6) is 0 Å². The second-order valence-corrected chi connectivity index (χ2v) is 11.6. The Balaban J connectivity index is 1.67. The summed E-state index contributed by atoms with van der Waals surface area (Å²) < 4.78 is 54.6. The molecule has 0 fully saturated rings. The number of fused-ring (bicyclic) bond motifs is 1. The van der Waals surface area contributed by atoms with Crippen LogP contribution in [0.4, 0.5) is 14.5 Å². The van der Waals surface area contributed by atoms with Gasteiger partial charge in [-0.05, 0) is 54.1 Å². The molecule has 4 nitrogen and oxygen atoms in total. The maximum absolute atomic E-state index is 14.0. The van der Waals surface area contributed by atoms with Gasteiger partial charge in [-0.1, -0.05) is 49.7 Å². The zero-order valence-corrected chi connectivity index (χ0v) is 20.8. The third kappa shape index (κ3) is 4.83. The molecular weight excluding hydrogens is 588 g/mol. The molecule has 10 heteroatoms. The summed E-state index contributed by atoms with van der Waals surface area (Å²) in [7, 11) is -3.70. The molecule has 0 saturated carbocycles. The molecule has 4 rings (SSSR count). The number of halogens is 4. The Morgan fingerprint density at radius 2 is 1.72 bits per heavy atom. The maximum Gasteiger partial charge on any atom is 0.262 e. The molecule has 0 spiro atoms. The molecule has 1 aliphatic rings. The van der Waals surface area contributed by atoms with Crippen LogP contribution < -0.4 is 5.32 Å². The van der Waals surface area contributed by atoms with Crippen LogP contribution in [-0.4, -0.2) is 14.3 Å². The quantitative estimate of drug-likeness (QED) is 0.345. The van der Waals surface area contributed by atoms with Gasteiger partial charge in [-0.3, -0.25) is 4.79 Å². The minimum Gasteiger partial charge on any atom is -0.320 e. The summed E-state index contributed by atoms with van der Waals surface area (Å²) >= 11 is 7.78. The minimum absolute atomic E-state index is 0.0510. The highest BCUT2D eigenvalue weighted by molar-refractivity contribution is 9.11. The van der Waals surface area contributed by atoms with Gasteiger partial charge < -0.3 is 5.32 Å². The third-order valence-electron chi connectivity index (χ3n) is 4.65. The van der Waals surface area contributed by atoms with Gasteiger partial charge in [-0.15, -0.1) is 0 Å². The monoisotopic (exact) mass is 599 g/mol. The smallest absolute Gasteiger partial charge is 0.262 e. The van der Waals surface area contributed by atoms with Crippen LogP contribution >= 0.6 is 43.6 Å². The molecule has 3 aromatic carbocycles. The van der Waals surface area contributed by atoms with Crippen molar-refractivity contribution in [3.8, 4) is 0 Å². The van der Waals surface area contributed by atoms with Crippen LogP contribution in [0.25, 0.3) is 6.08 Å². The predicted octanol–water partition coefficient (Wildman–Crippen LogP) is 6.55. The lowest BCUT2D eigenvalue weighted by molar-refractivity contribution is -0.112. The number of hydrogen-bond donors (Lipinski definition) is 1. The van der Waals surface area contributed by atoms with E-state index in [2.05, 4.69) is 37.2 Å². The van der Waals surface area contributed by atoms with Crippen LogP contribution in [0, 0.1) is 11.6 Å². The fourth-order valence-corrected chi connectivity index (χ4v) is 7.17. The fraction of sp³-hybridized carbons (Fsp3) is 0.0455. The molecule has 0 aliphatic carbocycles. The van der Waals surface area contributed by atoms with Crippen LogP contribution in [0.1, 0.15) is 11.1 Å². The molecule has 1 amide bonds. The molecule has 164 valence electrons. The van der Waals surface area contributed by atoms with E-state index in [0.717, 1.165) is 23.9 Å². The number of hydrogen-bond acceptors (Lipinski definition) is 4. The Morgan fingerprint density at radius 1 is 1.00 bits per heavy atom. The highest BCUT2D eigenvalue weighted by Crippen LogP contribution is 2.41. The van der Waals surface area contributed by atoms with E-state index in [9.17, 15) is 22.0 Å². The lowest BCUT2D eigenvalue weighted by Gasteiger charge is -2.19. The zero-order chi connectivity index (χ0) is 23.0. The largest absolute Gasteiger partial charge is 0.320 e. The Hall–Kier alpha value is -2.01. The first kappa shape index (κ1) is 23.2. The van der Waals surface area contributed by atoms with E-state index in [1.165, 1.54) is 30.3 Å². The summed E-state index contributed by atoms with van der Waals surface area (Å²) in [5.41, 5.74) is 1.10. The Kier molecular flexibility index (Phi) is 6.58. The first-order valence-corrected chi connectivity index (χ1v) is 13.2. The van der Waals surface area contributed by atoms with Gasteiger partial charge in [0.25, 0.3) is 5.91 Å². The normalized spacial score (nSPS) is 14.9. The van der Waals surface area contributed by atoms with Crippen molar-refractivity contribution in [1.82, 2.24) is 0 Å². The molecular formula is C22H13Br2F2NO3S2. The van der Waals surface area contributed by atoms with Crippen molar-refractivity contribution in [2.24, 2.45) is 0 Å². The molecule has 0 radical (unpaired) electrons. The van der Waals surface area contributed by atoms with Gasteiger partial charge in [0, 0.05) is 25.5 Å². The lowest BCUT2D eigenvalue weighted by atomic mass is 10.2. The first-order valence-electron chi connectivity index (χ1n) is 9.10. The van der Waals surface area contributed by atoms with Gasteiger partial charge in [0.05, 0.1) is 21.2 Å². The predicted molar refractivity (Wildman–Crippen MR) is 128 cm³/mol. The molecule has 32 heavy (non-hydrogen) atoms. The van der Waals surface area contributed by atoms with Crippen LogP contribution in [0.3, 0.4) is 0 Å². The highest BCUT2D eigenvalue weighted by Gasteiger charge is 2.25. The van der Waals surface area contributed by atoms with E-state index in [4.69, 9.17) is 0 Å². The van der Waals surface area contributed by atoms with Crippen molar-refractivity contribution in [1.29, 1.82) is 0 Å². The molecule has 1 heterocycles. The van der Waals surface area contributed by atoms with E-state index in [-0.39, 0.29) is 21.1 Å². The van der Waals surface area contributed by atoms with E-state index in [1.54, 1.807) is 18.2 Å². The Bertz CT molecular complexity index is 1370. The standard InChI is InChI=1S/C22H13Br2F2NO3S2/c23-16-2-1-3-17(24)15(16)11-32(29,30)14-6-7-19-20(10-14)31-21(22(28)27-19)8-12-4-5-13(25)9-18(12)26/h1-10H,11H2,(H,27,28)/b21-8-. The van der Waals surface area contributed by atoms with Crippen LogP contribution in [0.15, 0.2) is 78.2 Å². The second kappa shape index (κ2) is 9.09. The summed E-state index contributed by atoms with van der Waals surface area (Å²) in [5.74, 6) is -2.21. The second-order valence-electron chi connectivity index (χ2n) is 6.85. The van der Waals surface area contributed by atoms with E-state index < -0.39 is 27.4 Å². The molecule has 1 aliphatic heterocycles. The van der Waals surface area contributed by atoms with Gasteiger partial charge in [0.2, 0.25) is 0 Å². The topological polar surface area (TPSA) is 63.2 Å². The number of amides is 1. The van der Waals surface area contributed by atoms with Crippen molar-refractivity contribution >= 4 is 71.1 Å². The Morgan fingerprint density at radius 3 is 2.41 bits per heavy atom. The molecule has 0 unspecified atom stereocenters. The number of anilines is 1. The molecule has 1 N–H and O–H groups in total. The number of sulfone groups is 1. The van der Waals surface area contributed by atoms with Crippen molar-refractivity contribution in [3.05, 3.63) is 91.2 Å². The molecule has 0 aromatic heterocycles. The number of rotatable bonds is 4. The first-order chi connectivity index (χ1) is 15.1. The molecule has 0 saturated heterocycles. The summed E-state index contributed by atoms with van der Waals surface area (Å²) in [6.07, 6.45) is 1.30. The minimum atomic E-state index is -3.70. The molecule has 0 atom stereocenters. The zero-order valence-electron chi connectivity index (χ0n) is 16.0.